The van der Waals surface area contributed by atoms with Crippen LogP contribution in [0.2, 0.25) is 0 Å². The summed E-state index contributed by atoms with van der Waals surface area (Å²) in [7, 11) is 0. The van der Waals surface area contributed by atoms with E-state index in [0.29, 0.717) is 0 Å². The molecular formula is C20H43N3. The molecule has 1 rings (SSSR count). The van der Waals surface area contributed by atoms with Crippen LogP contribution in [0.3, 0.4) is 0 Å². The van der Waals surface area contributed by atoms with E-state index < -0.39 is 0 Å². The van der Waals surface area contributed by atoms with Crippen LogP contribution >= 0.6 is 0 Å². The van der Waals surface area contributed by atoms with E-state index in [1.54, 1.807) is 0 Å². The number of rotatable bonds is 15. The van der Waals surface area contributed by atoms with Crippen molar-refractivity contribution in [2.24, 2.45) is 11.5 Å². The fourth-order valence-corrected chi connectivity index (χ4v) is 3.65. The minimum atomic E-state index is 0.196. The monoisotopic (exact) mass is 325 g/mol. The molecule has 0 bridgehead atoms. The highest BCUT2D eigenvalue weighted by Gasteiger charge is 2.26. The van der Waals surface area contributed by atoms with Gasteiger partial charge < -0.3 is 16.4 Å². The average molecular weight is 326 g/mol. The van der Waals surface area contributed by atoms with Gasteiger partial charge in [-0.2, -0.15) is 0 Å². The van der Waals surface area contributed by atoms with Crippen LogP contribution in [-0.2, 0) is 0 Å². The molecule has 0 aliphatic carbocycles. The molecular weight excluding hydrogens is 282 g/mol. The molecule has 1 heterocycles. The Kier molecular flexibility index (Phi) is 13.0. The Labute approximate surface area is 145 Å². The van der Waals surface area contributed by atoms with E-state index in [1.807, 2.05) is 0 Å². The van der Waals surface area contributed by atoms with Gasteiger partial charge in [-0.25, -0.2) is 0 Å². The minimum absolute atomic E-state index is 0.196. The highest BCUT2D eigenvalue weighted by Crippen LogP contribution is 2.13. The first-order valence-corrected chi connectivity index (χ1v) is 10.5. The quantitative estimate of drug-likeness (QED) is 0.438. The number of unbranched alkanes of at least 4 members (excludes halogenated alkanes) is 13. The first-order valence-electron chi connectivity index (χ1n) is 10.5. The second-order valence-corrected chi connectivity index (χ2v) is 7.68. The summed E-state index contributed by atoms with van der Waals surface area (Å²) in [6.45, 7) is 5.48. The summed E-state index contributed by atoms with van der Waals surface area (Å²) in [5, 5.41) is 0. The molecule has 0 saturated carbocycles. The van der Waals surface area contributed by atoms with E-state index in [0.717, 1.165) is 13.1 Å². The summed E-state index contributed by atoms with van der Waals surface area (Å²) in [5.74, 6) is 0. The highest BCUT2D eigenvalue weighted by molar-refractivity contribution is 4.89. The minimum Gasteiger partial charge on any atom is -0.325 e. The number of hydrogen-bond donors (Lipinski definition) is 2. The van der Waals surface area contributed by atoms with E-state index in [1.165, 1.54) is 96.4 Å². The number of nitrogens with two attached hydrogens (primary N) is 2. The second kappa shape index (κ2) is 14.2. The maximum atomic E-state index is 5.95. The lowest BCUT2D eigenvalue weighted by molar-refractivity contribution is 0.320. The van der Waals surface area contributed by atoms with Gasteiger partial charge in [0.25, 0.3) is 0 Å². The van der Waals surface area contributed by atoms with Gasteiger partial charge in [0.2, 0.25) is 0 Å². The van der Waals surface area contributed by atoms with Crippen molar-refractivity contribution in [3.8, 4) is 0 Å². The topological polar surface area (TPSA) is 55.3 Å². The van der Waals surface area contributed by atoms with Crippen molar-refractivity contribution in [2.45, 2.75) is 109 Å². The van der Waals surface area contributed by atoms with E-state index >= 15 is 0 Å². The molecule has 0 aromatic carbocycles. The Hall–Kier alpha value is -0.120. The van der Waals surface area contributed by atoms with Crippen LogP contribution in [-0.4, -0.2) is 36.6 Å². The van der Waals surface area contributed by atoms with Crippen molar-refractivity contribution in [3.63, 3.8) is 0 Å². The van der Waals surface area contributed by atoms with Gasteiger partial charge in [-0.3, -0.25) is 0 Å². The van der Waals surface area contributed by atoms with Crippen LogP contribution in [0.15, 0.2) is 0 Å². The summed E-state index contributed by atoms with van der Waals surface area (Å²) in [4.78, 5) is 2.44. The number of likely N-dealkylation sites (tertiary alicyclic amines) is 1. The Balaban J connectivity index is 1.72. The predicted octanol–water partition coefficient (Wildman–Crippen LogP) is 4.44. The van der Waals surface area contributed by atoms with Crippen molar-refractivity contribution in [2.75, 3.05) is 19.6 Å². The van der Waals surface area contributed by atoms with Crippen molar-refractivity contribution in [3.05, 3.63) is 0 Å². The first kappa shape index (κ1) is 20.9. The largest absolute Gasteiger partial charge is 0.325 e. The standard InChI is InChI=1S/C20H43N3/c1-2-3-4-5-6-7-8-9-10-11-12-13-14-15-16-23-17-19(21)20(22)18-23/h19-20H,2-18,21-22H2,1H3/t19-,20-/m0/s1. The number of nitrogens with zero attached hydrogens (tertiary/aromatic N) is 1. The fourth-order valence-electron chi connectivity index (χ4n) is 3.65. The Bertz CT molecular complexity index is 247. The van der Waals surface area contributed by atoms with Crippen molar-refractivity contribution >= 4 is 0 Å². The molecule has 1 aliphatic rings. The summed E-state index contributed by atoms with van der Waals surface area (Å²) < 4.78 is 0. The molecule has 0 aromatic heterocycles. The Morgan fingerprint density at radius 2 is 0.957 bits per heavy atom. The van der Waals surface area contributed by atoms with E-state index in [-0.39, 0.29) is 12.1 Å². The third-order valence-corrected chi connectivity index (χ3v) is 5.32. The Morgan fingerprint density at radius 1 is 0.609 bits per heavy atom. The number of hydrogen-bond acceptors (Lipinski definition) is 3. The van der Waals surface area contributed by atoms with Gasteiger partial charge in [0.05, 0.1) is 0 Å². The molecule has 0 unspecified atom stereocenters. The molecule has 3 nitrogen and oxygen atoms in total. The molecule has 138 valence electrons. The van der Waals surface area contributed by atoms with Gasteiger partial charge in [-0.1, -0.05) is 90.4 Å². The van der Waals surface area contributed by atoms with E-state index in [9.17, 15) is 0 Å². The summed E-state index contributed by atoms with van der Waals surface area (Å²) in [6, 6.07) is 0.392. The van der Waals surface area contributed by atoms with Crippen LogP contribution < -0.4 is 11.5 Å². The third kappa shape index (κ3) is 11.1. The second-order valence-electron chi connectivity index (χ2n) is 7.68. The van der Waals surface area contributed by atoms with Crippen LogP contribution in [0.1, 0.15) is 96.8 Å². The molecule has 0 aromatic rings. The zero-order valence-corrected chi connectivity index (χ0v) is 15.8. The lowest BCUT2D eigenvalue weighted by Crippen LogP contribution is -2.39. The molecule has 0 spiro atoms. The van der Waals surface area contributed by atoms with Crippen LogP contribution in [0.5, 0.6) is 0 Å². The zero-order chi connectivity index (χ0) is 16.8. The van der Waals surface area contributed by atoms with Gasteiger partial charge in [0.15, 0.2) is 0 Å². The first-order chi connectivity index (χ1) is 11.2. The van der Waals surface area contributed by atoms with Gasteiger partial charge in [0.1, 0.15) is 0 Å². The van der Waals surface area contributed by atoms with Gasteiger partial charge >= 0.3 is 0 Å². The van der Waals surface area contributed by atoms with Crippen LogP contribution in [0, 0.1) is 0 Å². The summed E-state index contributed by atoms with van der Waals surface area (Å²) >= 11 is 0. The molecule has 4 N–H and O–H groups in total. The molecule has 3 heteroatoms. The van der Waals surface area contributed by atoms with E-state index in [2.05, 4.69) is 11.8 Å². The highest BCUT2D eigenvalue weighted by atomic mass is 15.2. The molecule has 0 amide bonds. The van der Waals surface area contributed by atoms with Crippen molar-refractivity contribution in [1.29, 1.82) is 0 Å². The summed E-state index contributed by atoms with van der Waals surface area (Å²) in [6.07, 6.45) is 19.9. The Morgan fingerprint density at radius 3 is 1.35 bits per heavy atom. The smallest absolute Gasteiger partial charge is 0.0334 e. The van der Waals surface area contributed by atoms with E-state index in [4.69, 9.17) is 11.5 Å². The van der Waals surface area contributed by atoms with Crippen molar-refractivity contribution < 1.29 is 0 Å². The average Bonchev–Trinajstić information content (AvgIpc) is 2.86. The fraction of sp³-hybridized carbons (Fsp3) is 1.00. The summed E-state index contributed by atoms with van der Waals surface area (Å²) in [5.41, 5.74) is 11.9. The molecule has 1 aliphatic heterocycles. The maximum absolute atomic E-state index is 5.95. The van der Waals surface area contributed by atoms with Crippen LogP contribution in [0.4, 0.5) is 0 Å². The lowest BCUT2D eigenvalue weighted by Gasteiger charge is -2.14. The van der Waals surface area contributed by atoms with Gasteiger partial charge in [-0.05, 0) is 13.0 Å². The normalized spacial score (nSPS) is 22.0. The molecule has 0 radical (unpaired) electrons. The zero-order valence-electron chi connectivity index (χ0n) is 15.8. The van der Waals surface area contributed by atoms with Crippen molar-refractivity contribution in [1.82, 2.24) is 4.90 Å². The SMILES string of the molecule is CCCCCCCCCCCCCCCCN1C[C@H](N)[C@@H](N)C1. The molecule has 1 fully saturated rings. The lowest BCUT2D eigenvalue weighted by atomic mass is 10.0. The van der Waals surface area contributed by atoms with Gasteiger partial charge in [-0.15, -0.1) is 0 Å². The van der Waals surface area contributed by atoms with Gasteiger partial charge in [0, 0.05) is 25.2 Å². The maximum Gasteiger partial charge on any atom is 0.0334 e. The molecule has 1 saturated heterocycles. The predicted molar refractivity (Wildman–Crippen MR) is 103 cm³/mol. The molecule has 23 heavy (non-hydrogen) atoms. The molecule has 2 atom stereocenters. The third-order valence-electron chi connectivity index (χ3n) is 5.32. The van der Waals surface area contributed by atoms with Crippen LogP contribution in [0.25, 0.3) is 0 Å².